The van der Waals surface area contributed by atoms with E-state index in [1.54, 1.807) is 0 Å². The van der Waals surface area contributed by atoms with E-state index >= 15 is 0 Å². The second-order valence-corrected chi connectivity index (χ2v) is 3.01. The third-order valence-electron chi connectivity index (χ3n) is 2.34. The summed E-state index contributed by atoms with van der Waals surface area (Å²) in [4.78, 5) is 2.21. The molecule has 0 aromatic heterocycles. The topological polar surface area (TPSA) is 39.6 Å². The van der Waals surface area contributed by atoms with Crippen LogP contribution < -0.4 is 0 Å². The van der Waals surface area contributed by atoms with Gasteiger partial charge in [-0.2, -0.15) is 5.26 Å². The van der Waals surface area contributed by atoms with Crippen LogP contribution in [0.1, 0.15) is 6.42 Å². The lowest BCUT2D eigenvalue weighted by Gasteiger charge is -2.18. The molecule has 0 radical (unpaired) electrons. The van der Waals surface area contributed by atoms with Crippen LogP contribution in [-0.2, 0) is 4.74 Å². The molecule has 10 heavy (non-hydrogen) atoms. The fourth-order valence-corrected chi connectivity index (χ4v) is 1.68. The fraction of sp³-hybridized carbons (Fsp3) is 0.833. The van der Waals surface area contributed by atoms with E-state index < -0.39 is 0 Å². The Kier molecular flexibility index (Phi) is 1.23. The SMILES string of the molecule is BN1C[C@@H]2O[C@@H]2[C@H]1CC#N. The van der Waals surface area contributed by atoms with Crippen LogP contribution in [0.3, 0.4) is 0 Å². The largest absolute Gasteiger partial charge is 0.367 e. The van der Waals surface area contributed by atoms with Gasteiger partial charge in [0.2, 0.25) is 0 Å². The Labute approximate surface area is 61.0 Å². The van der Waals surface area contributed by atoms with Crippen LogP contribution in [0.4, 0.5) is 0 Å². The molecule has 0 aromatic rings. The number of epoxide rings is 1. The zero-order valence-electron chi connectivity index (χ0n) is 5.95. The highest BCUT2D eigenvalue weighted by molar-refractivity contribution is 6.05. The summed E-state index contributed by atoms with van der Waals surface area (Å²) >= 11 is 0. The number of hydrogen-bond acceptors (Lipinski definition) is 3. The highest BCUT2D eigenvalue weighted by Crippen LogP contribution is 2.36. The average molecular weight is 136 g/mol. The highest BCUT2D eigenvalue weighted by atomic mass is 16.6. The van der Waals surface area contributed by atoms with Gasteiger partial charge in [0.15, 0.2) is 7.98 Å². The van der Waals surface area contributed by atoms with Gasteiger partial charge in [-0.25, -0.2) is 0 Å². The summed E-state index contributed by atoms with van der Waals surface area (Å²) in [5, 5.41) is 8.45. The number of rotatable bonds is 1. The van der Waals surface area contributed by atoms with Crippen molar-refractivity contribution in [2.75, 3.05) is 6.54 Å². The quantitative estimate of drug-likeness (QED) is 0.339. The fourth-order valence-electron chi connectivity index (χ4n) is 1.68. The van der Waals surface area contributed by atoms with Gasteiger partial charge in [0.05, 0.1) is 18.6 Å². The Hall–Kier alpha value is -0.525. The minimum absolute atomic E-state index is 0.370. The molecule has 0 aliphatic carbocycles. The normalized spacial score (nSPS) is 44.5. The molecule has 0 amide bonds. The van der Waals surface area contributed by atoms with Crippen LogP contribution in [0.25, 0.3) is 0 Å². The standard InChI is InChI=1S/C6H9BN2O/c7-9-3-5-6(10-5)4(9)1-2-8/h4-6H,1,3,7H2/t4-,5+,6-/m1/s1. The second kappa shape index (κ2) is 1.98. The van der Waals surface area contributed by atoms with E-state index in [1.807, 2.05) is 0 Å². The Bertz CT molecular complexity index is 189. The van der Waals surface area contributed by atoms with Crippen molar-refractivity contribution in [3.05, 3.63) is 0 Å². The monoisotopic (exact) mass is 136 g/mol. The highest BCUT2D eigenvalue weighted by Gasteiger charge is 2.52. The maximum atomic E-state index is 8.45. The molecule has 52 valence electrons. The molecular weight excluding hydrogens is 127 g/mol. The van der Waals surface area contributed by atoms with Crippen molar-refractivity contribution in [1.29, 1.82) is 5.26 Å². The van der Waals surface area contributed by atoms with Crippen molar-refractivity contribution in [2.45, 2.75) is 24.7 Å². The van der Waals surface area contributed by atoms with Crippen molar-refractivity contribution in [3.63, 3.8) is 0 Å². The first-order chi connectivity index (χ1) is 4.83. The van der Waals surface area contributed by atoms with E-state index in [-0.39, 0.29) is 0 Å². The zero-order valence-corrected chi connectivity index (χ0v) is 5.95. The minimum atomic E-state index is 0.370. The molecule has 0 unspecified atom stereocenters. The molecule has 0 aromatic carbocycles. The molecular formula is C6H9BN2O. The Balaban J connectivity index is 2.00. The molecule has 2 heterocycles. The lowest BCUT2D eigenvalue weighted by molar-refractivity contribution is 0.222. The van der Waals surface area contributed by atoms with E-state index in [2.05, 4.69) is 18.9 Å². The summed E-state index contributed by atoms with van der Waals surface area (Å²) in [6.45, 7) is 1.01. The Morgan fingerprint density at radius 3 is 3.10 bits per heavy atom. The van der Waals surface area contributed by atoms with E-state index in [1.165, 1.54) is 0 Å². The van der Waals surface area contributed by atoms with Crippen molar-refractivity contribution in [1.82, 2.24) is 4.81 Å². The lowest BCUT2D eigenvalue weighted by atomic mass is 10.1. The van der Waals surface area contributed by atoms with Crippen molar-refractivity contribution < 1.29 is 4.74 Å². The van der Waals surface area contributed by atoms with Crippen LogP contribution in [0.2, 0.25) is 0 Å². The summed E-state index contributed by atoms with van der Waals surface area (Å²) in [5.41, 5.74) is 0. The minimum Gasteiger partial charge on any atom is -0.367 e. The molecule has 2 fully saturated rings. The molecule has 2 aliphatic heterocycles. The Morgan fingerprint density at radius 1 is 1.80 bits per heavy atom. The maximum Gasteiger partial charge on any atom is 0.186 e. The number of nitriles is 1. The van der Waals surface area contributed by atoms with Crippen LogP contribution in [-0.4, -0.2) is 37.6 Å². The van der Waals surface area contributed by atoms with Gasteiger partial charge in [-0.1, -0.05) is 0 Å². The maximum absolute atomic E-state index is 8.45. The number of fused-ring (bicyclic) bond motifs is 1. The molecule has 3 nitrogen and oxygen atoms in total. The summed E-state index contributed by atoms with van der Waals surface area (Å²) in [7, 11) is 2.05. The van der Waals surface area contributed by atoms with E-state index in [0.717, 1.165) is 6.54 Å². The molecule has 2 rings (SSSR count). The van der Waals surface area contributed by atoms with Crippen LogP contribution in [0.15, 0.2) is 0 Å². The molecule has 4 heteroatoms. The predicted molar refractivity (Wildman–Crippen MR) is 37.9 cm³/mol. The summed E-state index contributed by atoms with van der Waals surface area (Å²) in [6.07, 6.45) is 1.44. The molecule has 2 saturated heterocycles. The Morgan fingerprint density at radius 2 is 2.60 bits per heavy atom. The molecule has 3 atom stereocenters. The molecule has 0 bridgehead atoms. The third-order valence-corrected chi connectivity index (χ3v) is 2.34. The number of nitrogens with zero attached hydrogens (tertiary/aromatic N) is 2. The van der Waals surface area contributed by atoms with Gasteiger partial charge in [-0.3, -0.25) is 0 Å². The van der Waals surface area contributed by atoms with Gasteiger partial charge in [-0.15, -0.1) is 0 Å². The molecule has 2 aliphatic rings. The van der Waals surface area contributed by atoms with Crippen molar-refractivity contribution in [2.24, 2.45) is 0 Å². The first-order valence-corrected chi connectivity index (χ1v) is 3.55. The lowest BCUT2D eigenvalue weighted by Crippen LogP contribution is -2.32. The van der Waals surface area contributed by atoms with Gasteiger partial charge >= 0.3 is 0 Å². The zero-order chi connectivity index (χ0) is 7.14. The van der Waals surface area contributed by atoms with Gasteiger partial charge in [0, 0.05) is 12.6 Å². The summed E-state index contributed by atoms with van der Waals surface area (Å²) in [5.74, 6) is 0. The summed E-state index contributed by atoms with van der Waals surface area (Å²) < 4.78 is 5.30. The van der Waals surface area contributed by atoms with Gasteiger partial charge in [0.1, 0.15) is 6.10 Å². The van der Waals surface area contributed by atoms with Crippen LogP contribution in [0.5, 0.6) is 0 Å². The number of hydrogen-bond donors (Lipinski definition) is 0. The second-order valence-electron chi connectivity index (χ2n) is 3.01. The molecule has 0 N–H and O–H groups in total. The predicted octanol–water partition coefficient (Wildman–Crippen LogP) is -1.10. The first kappa shape index (κ1) is 6.20. The first-order valence-electron chi connectivity index (χ1n) is 3.55. The van der Waals surface area contributed by atoms with E-state index in [0.29, 0.717) is 24.7 Å². The van der Waals surface area contributed by atoms with E-state index in [4.69, 9.17) is 10.00 Å². The van der Waals surface area contributed by atoms with Crippen molar-refractivity contribution in [3.8, 4) is 6.07 Å². The van der Waals surface area contributed by atoms with Gasteiger partial charge in [-0.05, 0) is 0 Å². The van der Waals surface area contributed by atoms with Gasteiger partial charge < -0.3 is 9.55 Å². The summed E-state index contributed by atoms with van der Waals surface area (Å²) in [6, 6.07) is 2.55. The van der Waals surface area contributed by atoms with Crippen LogP contribution >= 0.6 is 0 Å². The van der Waals surface area contributed by atoms with Crippen LogP contribution in [0, 0.1) is 11.3 Å². The van der Waals surface area contributed by atoms with Gasteiger partial charge in [0.25, 0.3) is 0 Å². The number of morpholine rings is 1. The van der Waals surface area contributed by atoms with Crippen molar-refractivity contribution >= 4 is 7.98 Å². The van der Waals surface area contributed by atoms with E-state index in [9.17, 15) is 0 Å². The molecule has 0 saturated carbocycles. The smallest absolute Gasteiger partial charge is 0.186 e. The average Bonchev–Trinajstić information content (AvgIpc) is 2.57. The third kappa shape index (κ3) is 0.748. The number of ether oxygens (including phenoxy) is 1. The molecule has 0 spiro atoms.